The van der Waals surface area contributed by atoms with Crippen LogP contribution in [-0.2, 0) is 19.7 Å². The van der Waals surface area contributed by atoms with Crippen molar-refractivity contribution in [2.24, 2.45) is 11.1 Å². The van der Waals surface area contributed by atoms with Crippen LogP contribution in [-0.4, -0.2) is 76.0 Å². The number of nitrogens with one attached hydrogen (secondary N) is 1. The molecule has 2 fully saturated rings. The Labute approximate surface area is 113 Å². The lowest BCUT2D eigenvalue weighted by Crippen LogP contribution is -2.55. The molecule has 0 saturated carbocycles. The molecule has 2 aliphatic heterocycles. The fourth-order valence-corrected chi connectivity index (χ4v) is 3.15. The van der Waals surface area contributed by atoms with E-state index in [1.165, 1.54) is 4.31 Å². The second-order valence-corrected chi connectivity index (χ2v) is 6.35. The molecule has 110 valence electrons. The van der Waals surface area contributed by atoms with Gasteiger partial charge in [-0.05, 0) is 7.05 Å². The van der Waals surface area contributed by atoms with Crippen LogP contribution < -0.4 is 10.5 Å². The summed E-state index contributed by atoms with van der Waals surface area (Å²) in [5, 5.41) is 8.13. The molecule has 2 saturated heterocycles. The Morgan fingerprint density at radius 1 is 1.26 bits per heavy atom. The van der Waals surface area contributed by atoms with E-state index < -0.39 is 10.2 Å². The Morgan fingerprint density at radius 2 is 1.89 bits per heavy atom. The molecule has 0 radical (unpaired) electrons. The van der Waals surface area contributed by atoms with E-state index >= 15 is 0 Å². The number of amides is 1. The molecule has 2 heterocycles. The third-order valence-electron chi connectivity index (χ3n) is 3.68. The number of ether oxygens (including phenoxy) is 1. The summed E-state index contributed by atoms with van der Waals surface area (Å²) < 4.78 is 28.9. The molecule has 0 aromatic rings. The topological polar surface area (TPSA) is 105 Å². The SMILES string of the molecule is CNC1COCC1C(=O)N1CCN(S(N)(=O)=O)CC1. The molecule has 0 aliphatic carbocycles. The van der Waals surface area contributed by atoms with Gasteiger partial charge in [0.25, 0.3) is 10.2 Å². The zero-order valence-electron chi connectivity index (χ0n) is 10.9. The minimum absolute atomic E-state index is 0.0194. The highest BCUT2D eigenvalue weighted by atomic mass is 32.2. The van der Waals surface area contributed by atoms with E-state index in [0.29, 0.717) is 26.3 Å². The van der Waals surface area contributed by atoms with Gasteiger partial charge in [0.05, 0.1) is 19.1 Å². The minimum atomic E-state index is -3.65. The maximum absolute atomic E-state index is 12.3. The summed E-state index contributed by atoms with van der Waals surface area (Å²) in [6.07, 6.45) is 0. The fraction of sp³-hybridized carbons (Fsp3) is 0.900. The van der Waals surface area contributed by atoms with Gasteiger partial charge in [-0.3, -0.25) is 4.79 Å². The molecule has 0 spiro atoms. The van der Waals surface area contributed by atoms with Gasteiger partial charge >= 0.3 is 0 Å². The predicted molar refractivity (Wildman–Crippen MR) is 68.4 cm³/mol. The van der Waals surface area contributed by atoms with Crippen LogP contribution >= 0.6 is 0 Å². The lowest BCUT2D eigenvalue weighted by molar-refractivity contribution is -0.137. The molecule has 3 N–H and O–H groups in total. The second-order valence-electron chi connectivity index (χ2n) is 4.81. The molecule has 9 heteroatoms. The Morgan fingerprint density at radius 3 is 2.42 bits per heavy atom. The van der Waals surface area contributed by atoms with E-state index in [4.69, 9.17) is 9.88 Å². The van der Waals surface area contributed by atoms with E-state index in [0.717, 1.165) is 0 Å². The van der Waals surface area contributed by atoms with Crippen LogP contribution in [0.15, 0.2) is 0 Å². The van der Waals surface area contributed by atoms with Crippen molar-refractivity contribution in [2.45, 2.75) is 6.04 Å². The summed E-state index contributed by atoms with van der Waals surface area (Å²) in [7, 11) is -1.85. The Hall–Kier alpha value is -0.740. The number of nitrogens with two attached hydrogens (primary N) is 1. The zero-order valence-corrected chi connectivity index (χ0v) is 11.7. The van der Waals surface area contributed by atoms with E-state index in [2.05, 4.69) is 5.32 Å². The van der Waals surface area contributed by atoms with Crippen molar-refractivity contribution in [1.29, 1.82) is 0 Å². The van der Waals surface area contributed by atoms with Gasteiger partial charge in [-0.2, -0.15) is 12.7 Å². The smallest absolute Gasteiger partial charge is 0.277 e. The first kappa shape index (κ1) is 14.7. The normalized spacial score (nSPS) is 29.7. The van der Waals surface area contributed by atoms with E-state index in [-0.39, 0.29) is 31.0 Å². The number of piperazine rings is 1. The van der Waals surface area contributed by atoms with Crippen molar-refractivity contribution >= 4 is 16.1 Å². The zero-order chi connectivity index (χ0) is 14.0. The van der Waals surface area contributed by atoms with Crippen LogP contribution in [0.2, 0.25) is 0 Å². The first-order chi connectivity index (χ1) is 8.93. The van der Waals surface area contributed by atoms with Gasteiger partial charge in [-0.25, -0.2) is 5.14 Å². The molecule has 0 aromatic heterocycles. The number of likely N-dealkylation sites (N-methyl/N-ethyl adjacent to an activating group) is 1. The van der Waals surface area contributed by atoms with Gasteiger partial charge in [0.15, 0.2) is 0 Å². The van der Waals surface area contributed by atoms with Gasteiger partial charge in [0, 0.05) is 32.2 Å². The number of rotatable bonds is 3. The maximum Gasteiger partial charge on any atom is 0.277 e. The van der Waals surface area contributed by atoms with E-state index in [1.807, 2.05) is 0 Å². The Bertz CT molecular complexity index is 433. The Balaban J connectivity index is 1.92. The van der Waals surface area contributed by atoms with Crippen molar-refractivity contribution < 1.29 is 17.9 Å². The largest absolute Gasteiger partial charge is 0.379 e. The average molecular weight is 292 g/mol. The summed E-state index contributed by atoms with van der Waals surface area (Å²) in [6, 6.07) is 0.0313. The molecule has 2 rings (SSSR count). The van der Waals surface area contributed by atoms with Gasteiger partial charge in [-0.1, -0.05) is 0 Å². The highest BCUT2D eigenvalue weighted by molar-refractivity contribution is 7.86. The van der Waals surface area contributed by atoms with Crippen LogP contribution in [0.5, 0.6) is 0 Å². The first-order valence-electron chi connectivity index (χ1n) is 6.25. The van der Waals surface area contributed by atoms with Crippen LogP contribution in [0.3, 0.4) is 0 Å². The average Bonchev–Trinajstić information content (AvgIpc) is 2.85. The van der Waals surface area contributed by atoms with Gasteiger partial charge in [0.2, 0.25) is 5.91 Å². The number of hydrogen-bond acceptors (Lipinski definition) is 5. The third-order valence-corrected chi connectivity index (χ3v) is 4.76. The molecular weight excluding hydrogens is 272 g/mol. The molecule has 19 heavy (non-hydrogen) atoms. The number of hydrogen-bond donors (Lipinski definition) is 2. The Kier molecular flexibility index (Phi) is 4.41. The molecule has 2 aliphatic rings. The van der Waals surface area contributed by atoms with Crippen LogP contribution in [0.1, 0.15) is 0 Å². The molecule has 8 nitrogen and oxygen atoms in total. The molecule has 0 bridgehead atoms. The molecule has 2 atom stereocenters. The van der Waals surface area contributed by atoms with E-state index in [9.17, 15) is 13.2 Å². The predicted octanol–water partition coefficient (Wildman–Crippen LogP) is -2.43. The van der Waals surface area contributed by atoms with Gasteiger partial charge < -0.3 is 15.0 Å². The highest BCUT2D eigenvalue weighted by Gasteiger charge is 2.37. The lowest BCUT2D eigenvalue weighted by atomic mass is 10.0. The number of carbonyl (C=O) groups is 1. The highest BCUT2D eigenvalue weighted by Crippen LogP contribution is 2.18. The van der Waals surface area contributed by atoms with Crippen molar-refractivity contribution in [1.82, 2.24) is 14.5 Å². The third kappa shape index (κ3) is 3.23. The monoisotopic (exact) mass is 292 g/mol. The van der Waals surface area contributed by atoms with Crippen molar-refractivity contribution in [3.8, 4) is 0 Å². The van der Waals surface area contributed by atoms with Crippen molar-refractivity contribution in [2.75, 3.05) is 46.4 Å². The quantitative estimate of drug-likeness (QED) is 0.602. The first-order valence-corrected chi connectivity index (χ1v) is 7.75. The van der Waals surface area contributed by atoms with Gasteiger partial charge in [0.1, 0.15) is 0 Å². The van der Waals surface area contributed by atoms with Crippen molar-refractivity contribution in [3.63, 3.8) is 0 Å². The molecule has 0 aromatic carbocycles. The second kappa shape index (κ2) is 5.71. The minimum Gasteiger partial charge on any atom is -0.379 e. The molecule has 2 unspecified atom stereocenters. The summed E-state index contributed by atoms with van der Waals surface area (Å²) >= 11 is 0. The maximum atomic E-state index is 12.3. The summed E-state index contributed by atoms with van der Waals surface area (Å²) in [4.78, 5) is 14.0. The van der Waals surface area contributed by atoms with Gasteiger partial charge in [-0.15, -0.1) is 0 Å². The van der Waals surface area contributed by atoms with Crippen molar-refractivity contribution in [3.05, 3.63) is 0 Å². The van der Waals surface area contributed by atoms with Crippen LogP contribution in [0.4, 0.5) is 0 Å². The lowest BCUT2D eigenvalue weighted by Gasteiger charge is -2.34. The molecular formula is C10H20N4O4S. The fourth-order valence-electron chi connectivity index (χ4n) is 2.48. The van der Waals surface area contributed by atoms with Crippen LogP contribution in [0.25, 0.3) is 0 Å². The summed E-state index contributed by atoms with van der Waals surface area (Å²) in [5.41, 5.74) is 0. The molecule has 1 amide bonds. The number of nitrogens with zero attached hydrogens (tertiary/aromatic N) is 2. The summed E-state index contributed by atoms with van der Waals surface area (Å²) in [6.45, 7) is 2.21. The van der Waals surface area contributed by atoms with Crippen LogP contribution in [0, 0.1) is 5.92 Å². The number of carbonyl (C=O) groups excluding carboxylic acids is 1. The summed E-state index contributed by atoms with van der Waals surface area (Å²) in [5.74, 6) is -0.169. The van der Waals surface area contributed by atoms with E-state index in [1.54, 1.807) is 11.9 Å². The standard InChI is InChI=1S/C10H20N4O4S/c1-12-9-7-18-6-8(9)10(15)13-2-4-14(5-3-13)19(11,16)17/h8-9,12H,2-7H2,1H3,(H2,11,16,17).